The number of hydrogen-bond donors (Lipinski definition) is 0. The summed E-state index contributed by atoms with van der Waals surface area (Å²) in [5.74, 6) is -0.799. The van der Waals surface area contributed by atoms with Crippen LogP contribution < -0.4 is 0 Å². The van der Waals surface area contributed by atoms with Gasteiger partial charge >= 0.3 is 0 Å². The van der Waals surface area contributed by atoms with Gasteiger partial charge in [-0.25, -0.2) is 17.2 Å². The van der Waals surface area contributed by atoms with Crippen LogP contribution in [0.1, 0.15) is 6.92 Å². The summed E-state index contributed by atoms with van der Waals surface area (Å²) in [6.07, 6.45) is -1.13. The Bertz CT molecular complexity index is 491. The Morgan fingerprint density at radius 3 is 2.29 bits per heavy atom. The molecule has 2 rings (SSSR count). The van der Waals surface area contributed by atoms with E-state index in [4.69, 9.17) is 0 Å². The minimum atomic E-state index is -3.69. The van der Waals surface area contributed by atoms with Crippen molar-refractivity contribution in [1.29, 1.82) is 0 Å². The van der Waals surface area contributed by atoms with Gasteiger partial charge in [-0.15, -0.1) is 0 Å². The average Bonchev–Trinajstić information content (AvgIpc) is 2.60. The van der Waals surface area contributed by atoms with E-state index >= 15 is 0 Å². The predicted octanol–water partition coefficient (Wildman–Crippen LogP) is 1.80. The highest BCUT2D eigenvalue weighted by Crippen LogP contribution is 2.26. The van der Waals surface area contributed by atoms with Gasteiger partial charge in [-0.2, -0.15) is 4.31 Å². The molecule has 0 radical (unpaired) electrons. The van der Waals surface area contributed by atoms with Gasteiger partial charge in [0.25, 0.3) is 0 Å². The van der Waals surface area contributed by atoms with E-state index in [1.54, 1.807) is 6.92 Å². The Kier molecular flexibility index (Phi) is 3.18. The fourth-order valence-corrected chi connectivity index (χ4v) is 3.38. The van der Waals surface area contributed by atoms with Crippen LogP contribution in [-0.4, -0.2) is 32.0 Å². The van der Waals surface area contributed by atoms with Crippen LogP contribution in [0, 0.1) is 11.7 Å². The lowest BCUT2D eigenvalue weighted by Gasteiger charge is -2.15. The maximum atomic E-state index is 13.3. The van der Waals surface area contributed by atoms with Gasteiger partial charge < -0.3 is 0 Å². The molecule has 1 heterocycles. The average molecular weight is 261 g/mol. The van der Waals surface area contributed by atoms with Crippen molar-refractivity contribution >= 4 is 10.0 Å². The third-order valence-electron chi connectivity index (χ3n) is 2.94. The maximum absolute atomic E-state index is 13.3. The van der Waals surface area contributed by atoms with E-state index in [0.29, 0.717) is 0 Å². The number of benzene rings is 1. The van der Waals surface area contributed by atoms with Gasteiger partial charge in [0.05, 0.1) is 4.90 Å². The first-order valence-electron chi connectivity index (χ1n) is 5.31. The summed E-state index contributed by atoms with van der Waals surface area (Å²) in [4.78, 5) is 0.000185. The maximum Gasteiger partial charge on any atom is 0.243 e. The van der Waals surface area contributed by atoms with Gasteiger partial charge in [0.15, 0.2) is 0 Å². The van der Waals surface area contributed by atoms with E-state index in [1.165, 1.54) is 12.1 Å². The van der Waals surface area contributed by atoms with Crippen molar-refractivity contribution in [3.8, 4) is 0 Å². The molecule has 0 aromatic heterocycles. The predicted molar refractivity (Wildman–Crippen MR) is 59.2 cm³/mol. The SMILES string of the molecule is CC1CN(S(=O)(=O)c2ccc(F)cc2)CC1F. The molecule has 0 bridgehead atoms. The van der Waals surface area contributed by atoms with E-state index in [2.05, 4.69) is 0 Å². The fourth-order valence-electron chi connectivity index (χ4n) is 1.84. The van der Waals surface area contributed by atoms with E-state index in [0.717, 1.165) is 16.4 Å². The number of alkyl halides is 1. The Morgan fingerprint density at radius 1 is 1.24 bits per heavy atom. The molecule has 1 aromatic carbocycles. The van der Waals surface area contributed by atoms with Crippen molar-refractivity contribution in [3.63, 3.8) is 0 Å². The van der Waals surface area contributed by atoms with Crippen LogP contribution in [-0.2, 0) is 10.0 Å². The number of rotatable bonds is 2. The summed E-state index contributed by atoms with van der Waals surface area (Å²) < 4.78 is 51.3. The molecule has 0 N–H and O–H groups in total. The van der Waals surface area contributed by atoms with Crippen LogP contribution in [0.15, 0.2) is 29.2 Å². The molecule has 1 aliphatic rings. The first-order chi connectivity index (χ1) is 7.91. The van der Waals surface area contributed by atoms with Crippen LogP contribution in [0.4, 0.5) is 8.78 Å². The van der Waals surface area contributed by atoms with Crippen LogP contribution in [0.2, 0.25) is 0 Å². The minimum Gasteiger partial charge on any atom is -0.246 e. The number of hydrogen-bond acceptors (Lipinski definition) is 2. The van der Waals surface area contributed by atoms with Gasteiger partial charge in [0, 0.05) is 19.0 Å². The molecule has 6 heteroatoms. The van der Waals surface area contributed by atoms with Crippen molar-refractivity contribution in [2.45, 2.75) is 18.0 Å². The van der Waals surface area contributed by atoms with Gasteiger partial charge in [-0.05, 0) is 24.3 Å². The Balaban J connectivity index is 2.28. The summed E-state index contributed by atoms with van der Waals surface area (Å²) >= 11 is 0. The summed E-state index contributed by atoms with van der Waals surface area (Å²) in [5.41, 5.74) is 0. The van der Waals surface area contributed by atoms with Crippen LogP contribution >= 0.6 is 0 Å². The van der Waals surface area contributed by atoms with E-state index in [-0.39, 0.29) is 23.9 Å². The van der Waals surface area contributed by atoms with Gasteiger partial charge in [-0.1, -0.05) is 6.92 Å². The molecular weight excluding hydrogens is 248 g/mol. The molecule has 94 valence electrons. The Labute approximate surface area is 99.1 Å². The van der Waals surface area contributed by atoms with Crippen molar-refractivity contribution in [3.05, 3.63) is 30.1 Å². The zero-order chi connectivity index (χ0) is 12.6. The smallest absolute Gasteiger partial charge is 0.243 e. The molecule has 0 aliphatic carbocycles. The summed E-state index contributed by atoms with van der Waals surface area (Å²) in [5, 5.41) is 0. The highest BCUT2D eigenvalue weighted by atomic mass is 32.2. The lowest BCUT2D eigenvalue weighted by molar-refractivity contribution is 0.295. The highest BCUT2D eigenvalue weighted by Gasteiger charge is 2.37. The summed E-state index contributed by atoms with van der Waals surface area (Å²) in [6, 6.07) is 4.56. The van der Waals surface area contributed by atoms with Crippen LogP contribution in [0.3, 0.4) is 0 Å². The molecule has 3 nitrogen and oxygen atoms in total. The molecule has 1 saturated heterocycles. The summed E-state index contributed by atoms with van der Waals surface area (Å²) in [6.45, 7) is 1.71. The zero-order valence-corrected chi connectivity index (χ0v) is 10.1. The quantitative estimate of drug-likeness (QED) is 0.814. The normalized spacial score (nSPS) is 26.3. The lowest BCUT2D eigenvalue weighted by atomic mass is 10.1. The van der Waals surface area contributed by atoms with Crippen molar-refractivity contribution in [1.82, 2.24) is 4.31 Å². The van der Waals surface area contributed by atoms with Gasteiger partial charge in [0.2, 0.25) is 10.0 Å². The summed E-state index contributed by atoms with van der Waals surface area (Å²) in [7, 11) is -3.69. The van der Waals surface area contributed by atoms with Crippen LogP contribution in [0.5, 0.6) is 0 Å². The lowest BCUT2D eigenvalue weighted by Crippen LogP contribution is -2.29. The van der Waals surface area contributed by atoms with E-state index < -0.39 is 22.0 Å². The van der Waals surface area contributed by atoms with Crippen molar-refractivity contribution < 1.29 is 17.2 Å². The Hall–Kier alpha value is -1.01. The molecule has 0 spiro atoms. The molecule has 1 aliphatic heterocycles. The third-order valence-corrected chi connectivity index (χ3v) is 4.78. The monoisotopic (exact) mass is 261 g/mol. The van der Waals surface area contributed by atoms with Gasteiger partial charge in [0.1, 0.15) is 12.0 Å². The minimum absolute atomic E-state index is 0.000185. The van der Waals surface area contributed by atoms with E-state index in [1.807, 2.05) is 0 Å². The molecule has 0 saturated carbocycles. The topological polar surface area (TPSA) is 37.4 Å². The standard InChI is InChI=1S/C11H13F2NO2S/c1-8-6-14(7-11(8)13)17(15,16)10-4-2-9(12)3-5-10/h2-5,8,11H,6-7H2,1H3. The highest BCUT2D eigenvalue weighted by molar-refractivity contribution is 7.89. The fraction of sp³-hybridized carbons (Fsp3) is 0.455. The van der Waals surface area contributed by atoms with Crippen molar-refractivity contribution in [2.75, 3.05) is 13.1 Å². The number of sulfonamides is 1. The number of nitrogens with zero attached hydrogens (tertiary/aromatic N) is 1. The molecule has 17 heavy (non-hydrogen) atoms. The second kappa shape index (κ2) is 4.34. The first kappa shape index (κ1) is 12.4. The molecule has 2 atom stereocenters. The molecule has 2 unspecified atom stereocenters. The third kappa shape index (κ3) is 2.32. The second-order valence-electron chi connectivity index (χ2n) is 4.27. The van der Waals surface area contributed by atoms with Crippen LogP contribution in [0.25, 0.3) is 0 Å². The largest absolute Gasteiger partial charge is 0.246 e. The Morgan fingerprint density at radius 2 is 1.82 bits per heavy atom. The second-order valence-corrected chi connectivity index (χ2v) is 6.21. The van der Waals surface area contributed by atoms with Crippen molar-refractivity contribution in [2.24, 2.45) is 5.92 Å². The zero-order valence-electron chi connectivity index (χ0n) is 9.31. The number of halogens is 2. The van der Waals surface area contributed by atoms with E-state index in [9.17, 15) is 17.2 Å². The molecule has 0 amide bonds. The van der Waals surface area contributed by atoms with Gasteiger partial charge in [-0.3, -0.25) is 0 Å². The molecule has 1 aromatic rings. The first-order valence-corrected chi connectivity index (χ1v) is 6.75. The molecule has 1 fully saturated rings. The molecular formula is C11H13F2NO2S.